The molecule has 8 heteroatoms. The highest BCUT2D eigenvalue weighted by Gasteiger charge is 2.21. The van der Waals surface area contributed by atoms with Crippen molar-refractivity contribution in [1.82, 2.24) is 10.6 Å². The van der Waals surface area contributed by atoms with Gasteiger partial charge >= 0.3 is 0 Å². The van der Waals surface area contributed by atoms with Gasteiger partial charge in [-0.3, -0.25) is 15.1 Å². The average molecular weight is 486 g/mol. The van der Waals surface area contributed by atoms with E-state index < -0.39 is 4.92 Å². The lowest BCUT2D eigenvalue weighted by atomic mass is 9.84. The fraction of sp³-hybridized carbons (Fsp3) is 0.316. The van der Waals surface area contributed by atoms with Crippen LogP contribution in [-0.4, -0.2) is 24.5 Å². The van der Waals surface area contributed by atoms with Crippen molar-refractivity contribution in [3.05, 3.63) is 75.6 Å². The Morgan fingerprint density at radius 2 is 1.85 bits per heavy atom. The van der Waals surface area contributed by atoms with Crippen molar-refractivity contribution in [2.75, 3.05) is 13.6 Å². The first-order valence-corrected chi connectivity index (χ1v) is 8.26. The minimum atomic E-state index is -0.424. The molecule has 0 aliphatic rings. The second kappa shape index (κ2) is 10.2. The maximum atomic E-state index is 13.5. The van der Waals surface area contributed by atoms with Crippen molar-refractivity contribution in [2.45, 2.75) is 25.8 Å². The van der Waals surface area contributed by atoms with Gasteiger partial charge in [-0.2, -0.15) is 0 Å². The van der Waals surface area contributed by atoms with Crippen LogP contribution in [0.5, 0.6) is 0 Å². The van der Waals surface area contributed by atoms with Gasteiger partial charge in [0.2, 0.25) is 0 Å². The first kappa shape index (κ1) is 22.8. The molecule has 0 bridgehead atoms. The van der Waals surface area contributed by atoms with E-state index in [1.165, 1.54) is 24.3 Å². The maximum absolute atomic E-state index is 13.5. The molecule has 2 N–H and O–H groups in total. The van der Waals surface area contributed by atoms with Gasteiger partial charge in [0.25, 0.3) is 5.69 Å². The largest absolute Gasteiger partial charge is 0.356 e. The van der Waals surface area contributed by atoms with Gasteiger partial charge in [0.15, 0.2) is 5.96 Å². The number of hydrogen-bond donors (Lipinski definition) is 2. The molecule has 2 aromatic carbocycles. The molecule has 2 aromatic rings. The molecular weight excluding hydrogens is 462 g/mol. The monoisotopic (exact) mass is 486 g/mol. The van der Waals surface area contributed by atoms with Gasteiger partial charge in [0, 0.05) is 37.7 Å². The molecule has 0 amide bonds. The fourth-order valence-corrected chi connectivity index (χ4v) is 2.46. The quantitative estimate of drug-likeness (QED) is 0.213. The molecule has 0 radical (unpaired) electrons. The van der Waals surface area contributed by atoms with Gasteiger partial charge in [-0.15, -0.1) is 24.0 Å². The summed E-state index contributed by atoms with van der Waals surface area (Å²) < 4.78 is 13.5. The van der Waals surface area contributed by atoms with Crippen LogP contribution in [0.4, 0.5) is 10.1 Å². The first-order valence-electron chi connectivity index (χ1n) is 8.26. The van der Waals surface area contributed by atoms with Crippen LogP contribution in [0, 0.1) is 15.9 Å². The topological polar surface area (TPSA) is 79.6 Å². The highest BCUT2D eigenvalue weighted by molar-refractivity contribution is 14.0. The third-order valence-corrected chi connectivity index (χ3v) is 4.13. The van der Waals surface area contributed by atoms with Crippen molar-refractivity contribution in [3.8, 4) is 0 Å². The Labute approximate surface area is 175 Å². The summed E-state index contributed by atoms with van der Waals surface area (Å²) in [5.74, 6) is 0.351. The van der Waals surface area contributed by atoms with E-state index in [4.69, 9.17) is 0 Å². The molecule has 0 saturated carbocycles. The molecule has 0 heterocycles. The third kappa shape index (κ3) is 6.78. The van der Waals surface area contributed by atoms with Crippen LogP contribution in [0.1, 0.15) is 25.0 Å². The van der Waals surface area contributed by atoms with E-state index in [9.17, 15) is 14.5 Å². The predicted molar refractivity (Wildman–Crippen MR) is 116 cm³/mol. The number of hydrogen-bond acceptors (Lipinski definition) is 3. The number of nitrogens with zero attached hydrogens (tertiary/aromatic N) is 2. The summed E-state index contributed by atoms with van der Waals surface area (Å²) in [5, 5.41) is 17.1. The molecule has 0 unspecified atom stereocenters. The van der Waals surface area contributed by atoms with E-state index in [0.29, 0.717) is 19.0 Å². The summed E-state index contributed by atoms with van der Waals surface area (Å²) >= 11 is 0. The lowest BCUT2D eigenvalue weighted by molar-refractivity contribution is -0.384. The van der Waals surface area contributed by atoms with E-state index in [0.717, 1.165) is 11.1 Å². The van der Waals surface area contributed by atoms with Crippen LogP contribution in [0.15, 0.2) is 53.5 Å². The normalized spacial score (nSPS) is 11.5. The standard InChI is InChI=1S/C19H23FN4O2.HI/c1-19(2,15-5-4-6-16(20)11-15)13-23-18(21-3)22-12-14-7-9-17(10-8-14)24(25)26;/h4-11H,12-13H2,1-3H3,(H2,21,22,23);1H. The molecule has 0 aliphatic heterocycles. The van der Waals surface area contributed by atoms with Gasteiger partial charge in [0.1, 0.15) is 5.82 Å². The number of nitro groups is 1. The Balaban J connectivity index is 0.00000364. The summed E-state index contributed by atoms with van der Waals surface area (Å²) in [6.07, 6.45) is 0. The molecule has 0 saturated heterocycles. The van der Waals surface area contributed by atoms with Gasteiger partial charge in [0.05, 0.1) is 4.92 Å². The maximum Gasteiger partial charge on any atom is 0.269 e. The van der Waals surface area contributed by atoms with Gasteiger partial charge < -0.3 is 10.6 Å². The molecule has 0 spiro atoms. The summed E-state index contributed by atoms with van der Waals surface area (Å²) in [6.45, 7) is 5.10. The molecule has 0 aliphatic carbocycles. The van der Waals surface area contributed by atoms with E-state index in [2.05, 4.69) is 15.6 Å². The number of nitro benzene ring substituents is 1. The van der Waals surface area contributed by atoms with E-state index in [1.54, 1.807) is 25.2 Å². The Bertz CT molecular complexity index is 795. The fourth-order valence-electron chi connectivity index (χ4n) is 2.46. The Hall–Kier alpha value is -2.23. The second-order valence-electron chi connectivity index (χ2n) is 6.60. The summed E-state index contributed by atoms with van der Waals surface area (Å²) in [7, 11) is 1.67. The number of guanidine groups is 1. The zero-order valence-corrected chi connectivity index (χ0v) is 17.9. The number of aliphatic imine (C=N–C) groups is 1. The highest BCUT2D eigenvalue weighted by atomic mass is 127. The van der Waals surface area contributed by atoms with Gasteiger partial charge in [-0.1, -0.05) is 38.1 Å². The summed E-state index contributed by atoms with van der Waals surface area (Å²) in [5.41, 5.74) is 1.58. The van der Waals surface area contributed by atoms with E-state index in [1.807, 2.05) is 19.9 Å². The molecule has 6 nitrogen and oxygen atoms in total. The molecule has 146 valence electrons. The van der Waals surface area contributed by atoms with Crippen LogP contribution in [0.3, 0.4) is 0 Å². The van der Waals surface area contributed by atoms with Crippen molar-refractivity contribution in [1.29, 1.82) is 0 Å². The van der Waals surface area contributed by atoms with Crippen molar-refractivity contribution >= 4 is 35.6 Å². The summed E-state index contributed by atoms with van der Waals surface area (Å²) in [6, 6.07) is 12.9. The number of nitrogens with one attached hydrogen (secondary N) is 2. The number of non-ortho nitro benzene ring substituents is 1. The predicted octanol–water partition coefficient (Wildman–Crippen LogP) is 3.99. The van der Waals surface area contributed by atoms with Crippen LogP contribution in [-0.2, 0) is 12.0 Å². The SMILES string of the molecule is CN=C(NCc1ccc([N+](=O)[O-])cc1)NCC(C)(C)c1cccc(F)c1.I. The number of rotatable bonds is 6. The average Bonchev–Trinajstić information content (AvgIpc) is 2.62. The second-order valence-corrected chi connectivity index (χ2v) is 6.60. The molecule has 0 aromatic heterocycles. The highest BCUT2D eigenvalue weighted by Crippen LogP contribution is 2.22. The zero-order chi connectivity index (χ0) is 19.2. The first-order chi connectivity index (χ1) is 12.3. The Morgan fingerprint density at radius 3 is 2.41 bits per heavy atom. The van der Waals surface area contributed by atoms with Crippen LogP contribution in [0.25, 0.3) is 0 Å². The third-order valence-electron chi connectivity index (χ3n) is 4.13. The lowest BCUT2D eigenvalue weighted by Gasteiger charge is -2.27. The van der Waals surface area contributed by atoms with Crippen molar-refractivity contribution in [3.63, 3.8) is 0 Å². The van der Waals surface area contributed by atoms with Gasteiger partial charge in [-0.05, 0) is 23.3 Å². The number of benzene rings is 2. The molecule has 0 atom stereocenters. The Morgan fingerprint density at radius 1 is 1.19 bits per heavy atom. The minimum Gasteiger partial charge on any atom is -0.356 e. The van der Waals surface area contributed by atoms with E-state index >= 15 is 0 Å². The van der Waals surface area contributed by atoms with Crippen molar-refractivity contribution < 1.29 is 9.31 Å². The molecular formula is C19H24FIN4O2. The van der Waals surface area contributed by atoms with Crippen LogP contribution in [0.2, 0.25) is 0 Å². The molecule has 27 heavy (non-hydrogen) atoms. The summed E-state index contributed by atoms with van der Waals surface area (Å²) in [4.78, 5) is 14.4. The minimum absolute atomic E-state index is 0. The van der Waals surface area contributed by atoms with Crippen LogP contribution >= 0.6 is 24.0 Å². The zero-order valence-electron chi connectivity index (χ0n) is 15.5. The van der Waals surface area contributed by atoms with Gasteiger partial charge in [-0.25, -0.2) is 4.39 Å². The molecule has 0 fully saturated rings. The smallest absolute Gasteiger partial charge is 0.269 e. The lowest BCUT2D eigenvalue weighted by Crippen LogP contribution is -2.43. The number of halogens is 2. The molecule has 2 rings (SSSR count). The Kier molecular flexibility index (Phi) is 8.61. The van der Waals surface area contributed by atoms with Crippen molar-refractivity contribution in [2.24, 2.45) is 4.99 Å². The van der Waals surface area contributed by atoms with Crippen LogP contribution < -0.4 is 10.6 Å². The van der Waals surface area contributed by atoms with E-state index in [-0.39, 0.29) is 40.9 Å².